The number of H-pyrrole nitrogens is 4. The second kappa shape index (κ2) is 39.7. The summed E-state index contributed by atoms with van der Waals surface area (Å²) in [5.41, 5.74) is 26.2. The number of morpholine rings is 2. The lowest BCUT2D eigenvalue weighted by atomic mass is 9.99. The molecule has 4 N–H and O–H groups in total. The molecule has 133 heavy (non-hydrogen) atoms. The van der Waals surface area contributed by atoms with E-state index in [1.165, 1.54) is 34.1 Å². The molecule has 23 nitrogen and oxygen atoms in total. The van der Waals surface area contributed by atoms with Crippen LogP contribution in [0.4, 0.5) is 11.4 Å². The van der Waals surface area contributed by atoms with Gasteiger partial charge in [-0.25, -0.2) is 13.1 Å². The Morgan fingerprint density at radius 3 is 1.18 bits per heavy atom. The lowest BCUT2D eigenvalue weighted by molar-refractivity contribution is -0.0547. The van der Waals surface area contributed by atoms with Crippen LogP contribution in [-0.2, 0) is 44.3 Å². The molecular weight excluding hydrogens is 1700 g/mol. The fraction of sp³-hybridized carbons (Fsp3) is 0.231. The van der Waals surface area contributed by atoms with Crippen LogP contribution in [0.2, 0.25) is 0 Å². The van der Waals surface area contributed by atoms with Gasteiger partial charge in [0.2, 0.25) is 0 Å². The molecule has 5 aromatic heterocycles. The number of hydrogen-bond acceptors (Lipinski definition) is 18. The van der Waals surface area contributed by atoms with Crippen molar-refractivity contribution in [3.05, 3.63) is 295 Å². The third-order valence-electron chi connectivity index (χ3n) is 25.4. The van der Waals surface area contributed by atoms with Crippen LogP contribution in [0, 0.1) is 45.3 Å². The van der Waals surface area contributed by atoms with Gasteiger partial charge in [0.1, 0.15) is 48.0 Å². The summed E-state index contributed by atoms with van der Waals surface area (Å²) < 4.78 is 77.1. The van der Waals surface area contributed by atoms with E-state index in [0.717, 1.165) is 233 Å². The van der Waals surface area contributed by atoms with Crippen LogP contribution in [-0.4, -0.2) is 183 Å². The van der Waals surface area contributed by atoms with Crippen molar-refractivity contribution in [2.45, 2.75) is 53.7 Å². The van der Waals surface area contributed by atoms with Crippen LogP contribution in [0.1, 0.15) is 53.6 Å². The number of rotatable bonds is 18. The zero-order valence-electron chi connectivity index (χ0n) is 73.7. The normalized spacial score (nSPS) is 15.8. The molecule has 11 heterocycles. The van der Waals surface area contributed by atoms with E-state index in [1.807, 2.05) is 95.8 Å². The molecule has 0 aliphatic carbocycles. The number of sulfone groups is 1. The van der Waals surface area contributed by atoms with Gasteiger partial charge in [-0.2, -0.15) is 26.1 Å². The average Bonchev–Trinajstić information content (AvgIpc) is 1.65. The Kier molecular flexibility index (Phi) is 26.2. The van der Waals surface area contributed by atoms with E-state index >= 15 is 0 Å². The highest BCUT2D eigenvalue weighted by molar-refractivity contribution is 7.90. The van der Waals surface area contributed by atoms with E-state index < -0.39 is 20.6 Å². The molecule has 5 saturated heterocycles. The predicted octanol–water partition coefficient (Wildman–Crippen LogP) is 20.0. The van der Waals surface area contributed by atoms with Crippen LogP contribution < -0.4 is 19.3 Å². The second-order valence-electron chi connectivity index (χ2n) is 33.8. The largest absolute Gasteiger partial charge is 0.489 e. The van der Waals surface area contributed by atoms with Crippen LogP contribution >= 0.6 is 0 Å². The third-order valence-corrected chi connectivity index (χ3v) is 27.5. The third kappa shape index (κ3) is 19.5. The van der Waals surface area contributed by atoms with E-state index in [-0.39, 0.29) is 22.7 Å². The van der Waals surface area contributed by atoms with E-state index in [0.29, 0.717) is 65.6 Å². The summed E-state index contributed by atoms with van der Waals surface area (Å²) in [6.07, 6.45) is 12.4. The number of benzene rings is 11. The van der Waals surface area contributed by atoms with Crippen molar-refractivity contribution in [2.24, 2.45) is 0 Å². The molecule has 25 heteroatoms. The molecule has 0 bridgehead atoms. The van der Waals surface area contributed by atoms with Crippen molar-refractivity contribution in [1.29, 1.82) is 21.0 Å². The summed E-state index contributed by atoms with van der Waals surface area (Å²) >= 11 is 0. The monoisotopic (exact) mass is 1800 g/mol. The number of aromatic amines is 4. The Morgan fingerprint density at radius 2 is 0.789 bits per heavy atom. The van der Waals surface area contributed by atoms with E-state index in [4.69, 9.17) is 33.2 Å². The summed E-state index contributed by atoms with van der Waals surface area (Å²) in [6, 6.07) is 92.3. The summed E-state index contributed by atoms with van der Waals surface area (Å²) in [5.74, 6) is 1.30. The molecular formula is C108H97N13O10S2. The van der Waals surface area contributed by atoms with Crippen molar-refractivity contribution in [2.75, 3.05) is 128 Å². The number of nitrogens with one attached hydrogen (secondary N) is 4. The average molecular weight is 1800 g/mol. The quantitative estimate of drug-likeness (QED) is 0.0620. The molecule has 6 aliphatic rings. The molecule has 1 atom stereocenters. The maximum absolute atomic E-state index is 12.0. The molecule has 22 rings (SSSR count). The Hall–Kier alpha value is -14.5. The Morgan fingerprint density at radius 1 is 0.414 bits per heavy atom. The number of ether oxygens (including phenoxy) is 7. The van der Waals surface area contributed by atoms with Gasteiger partial charge in [-0.15, -0.1) is 0 Å². The van der Waals surface area contributed by atoms with E-state index in [2.05, 4.69) is 210 Å². The molecule has 0 saturated carbocycles. The topological polar surface area (TPSA) is 302 Å². The number of nitriles is 4. The first-order chi connectivity index (χ1) is 65.1. The highest BCUT2D eigenvalue weighted by Gasteiger charge is 2.31. The molecule has 666 valence electrons. The van der Waals surface area contributed by atoms with Gasteiger partial charge in [-0.05, 0) is 206 Å². The Balaban J connectivity index is 0.000000114. The summed E-state index contributed by atoms with van der Waals surface area (Å²) in [6.45, 7) is 13.1. The zero-order valence-corrected chi connectivity index (χ0v) is 75.3. The minimum absolute atomic E-state index is 0.0519. The Labute approximate surface area is 773 Å². The summed E-state index contributed by atoms with van der Waals surface area (Å²) in [4.78, 5) is 21.9. The molecule has 16 aromatic rings. The van der Waals surface area contributed by atoms with Gasteiger partial charge in [-0.1, -0.05) is 115 Å². The van der Waals surface area contributed by atoms with Gasteiger partial charge in [0.05, 0.1) is 121 Å². The summed E-state index contributed by atoms with van der Waals surface area (Å²) in [5, 5.41) is 47.3. The van der Waals surface area contributed by atoms with Crippen molar-refractivity contribution >= 4 is 81.2 Å². The van der Waals surface area contributed by atoms with Crippen molar-refractivity contribution in [1.82, 2.24) is 34.6 Å². The van der Waals surface area contributed by atoms with Crippen molar-refractivity contribution in [3.63, 3.8) is 0 Å². The van der Waals surface area contributed by atoms with Crippen LogP contribution in [0.15, 0.2) is 277 Å². The first-order valence-electron chi connectivity index (χ1n) is 44.8. The van der Waals surface area contributed by atoms with Gasteiger partial charge in [0.25, 0.3) is 0 Å². The molecule has 0 radical (unpaired) electrons. The van der Waals surface area contributed by atoms with Crippen LogP contribution in [0.25, 0.3) is 133 Å². The molecule has 11 aromatic carbocycles. The Bertz CT molecular complexity index is 7310. The van der Waals surface area contributed by atoms with Gasteiger partial charge in [0.15, 0.2) is 9.84 Å². The second-order valence-corrected chi connectivity index (χ2v) is 37.1. The molecule has 6 aliphatic heterocycles. The molecule has 0 amide bonds. The standard InChI is InChI=1S/C29H24N4O2.C27H27N3O3.C26H23N3O3S.C26H23N3O2S/c30-19-22-17-21(7-10-29(22)35-24-11-15-34-16-12-24)25-3-1-4-27-26(25)18-28(32-27)20-5-8-23(9-6-20)33-14-2-13-31-33;28-14-20-12-18(4-5-27(20)33-22-7-10-31-11-8-22)23-2-1-3-25-24(23)13-26(29-25)19-6-9-30(15-19)21-16-32-17-21;1-33(30,31)26-10-7-19(15-20(26)17-27)22-3-2-4-24-23(22)16-25(28-24)18-5-8-21(9-6-18)29-11-13-32-14-12-29;1-32(30)26-10-7-19(15-20(26)17-27)22-3-2-4-24-23(22)16-25(28-24)18-5-8-21(9-6-18)29-11-13-31-14-12-29/h1-10,13-14,17-18,24,32H,11-12,15-16H2;1-6,12-13,21-22,29H,7-11,15-17H2;2-10,15-16,28H,11-14H2,1H3;2-10,15-16,28H,11-14H2,1H3. The lowest BCUT2D eigenvalue weighted by Crippen LogP contribution is -2.47. The molecule has 0 spiro atoms. The first kappa shape index (κ1) is 87.9. The number of fused-ring (bicyclic) bond motifs is 4. The van der Waals surface area contributed by atoms with Gasteiger partial charge < -0.3 is 62.9 Å². The SMILES string of the molecule is CS(=O)(=O)c1ccc(-c2cccc3[nH]c(-c4ccc(N5CCOCC5)cc4)cc23)cc1C#N.CS(=O)c1ccc(-c2cccc3[nH]c(-c4ccc(N5CCOCC5)cc4)cc23)cc1C#N.N#Cc1cc(-c2cccc3[nH]c(-c4ccc(-n5cccn5)cc4)cc23)ccc1OC1CCOCC1.N#Cc1cc(-c2cccc3[nH]c(C4=CCN(C5COC5)C4)cc23)ccc1OC1CCOCC1. The number of anilines is 2. The lowest BCUT2D eigenvalue weighted by Gasteiger charge is -2.34. The highest BCUT2D eigenvalue weighted by atomic mass is 32.2. The smallest absolute Gasteiger partial charge is 0.176 e. The van der Waals surface area contributed by atoms with Crippen LogP contribution in [0.3, 0.4) is 0 Å². The maximum Gasteiger partial charge on any atom is 0.176 e. The highest BCUT2D eigenvalue weighted by Crippen LogP contribution is 2.42. The molecule has 5 fully saturated rings. The minimum atomic E-state index is -3.47. The first-order valence-corrected chi connectivity index (χ1v) is 48.2. The van der Waals surface area contributed by atoms with Crippen molar-refractivity contribution in [3.8, 4) is 120 Å². The molecule has 1 unspecified atom stereocenters. The predicted molar refractivity (Wildman–Crippen MR) is 522 cm³/mol. The van der Waals surface area contributed by atoms with Crippen molar-refractivity contribution < 1.29 is 45.8 Å². The zero-order chi connectivity index (χ0) is 90.9. The number of hydrogen-bond donors (Lipinski definition) is 4. The van der Waals surface area contributed by atoms with Gasteiger partial charge >= 0.3 is 0 Å². The minimum Gasteiger partial charge on any atom is -0.489 e. The van der Waals surface area contributed by atoms with E-state index in [1.54, 1.807) is 30.7 Å². The van der Waals surface area contributed by atoms with Crippen LogP contribution in [0.5, 0.6) is 11.5 Å². The maximum atomic E-state index is 12.0. The van der Waals surface area contributed by atoms with E-state index in [9.17, 15) is 33.7 Å². The summed E-state index contributed by atoms with van der Waals surface area (Å²) in [7, 11) is -4.67. The fourth-order valence-corrected chi connectivity index (χ4v) is 19.7. The number of aromatic nitrogens is 6. The van der Waals surface area contributed by atoms with Gasteiger partial charge in [0, 0.05) is 168 Å². The van der Waals surface area contributed by atoms with Gasteiger partial charge in [-0.3, -0.25) is 9.11 Å². The number of nitrogens with zero attached hydrogens (tertiary/aromatic N) is 9. The fourth-order valence-electron chi connectivity index (χ4n) is 18.2.